The van der Waals surface area contributed by atoms with Crippen molar-refractivity contribution in [2.24, 2.45) is 0 Å². The highest BCUT2D eigenvalue weighted by atomic mass is 35.5. The van der Waals surface area contributed by atoms with E-state index in [4.69, 9.17) is 40.0 Å². The van der Waals surface area contributed by atoms with E-state index >= 15 is 0 Å². The summed E-state index contributed by atoms with van der Waals surface area (Å²) >= 11 is 6.01. The van der Waals surface area contributed by atoms with Gasteiger partial charge in [-0.1, -0.05) is 23.7 Å². The molecule has 2 aromatic rings. The van der Waals surface area contributed by atoms with Crippen LogP contribution in [0.3, 0.4) is 0 Å². The maximum atomic E-state index is 12.9. The lowest BCUT2D eigenvalue weighted by Crippen LogP contribution is -2.36. The van der Waals surface area contributed by atoms with Crippen LogP contribution >= 0.6 is 11.6 Å². The summed E-state index contributed by atoms with van der Waals surface area (Å²) in [5.41, 5.74) is 2.77. The first-order valence-corrected chi connectivity index (χ1v) is 14.2. The van der Waals surface area contributed by atoms with E-state index in [1.807, 2.05) is 12.1 Å². The lowest BCUT2D eigenvalue weighted by Gasteiger charge is -2.18. The summed E-state index contributed by atoms with van der Waals surface area (Å²) in [4.78, 5) is 59.0. The summed E-state index contributed by atoms with van der Waals surface area (Å²) in [5.74, 6) is -0.411. The van der Waals surface area contributed by atoms with E-state index in [-0.39, 0.29) is 44.8 Å². The fraction of sp³-hybridized carbons (Fsp3) is 0.519. The molecule has 45 heavy (non-hydrogen) atoms. The monoisotopic (exact) mass is 653 g/mol. The predicted octanol–water partition coefficient (Wildman–Crippen LogP) is 3.21. The van der Waals surface area contributed by atoms with Crippen molar-refractivity contribution in [2.45, 2.75) is 69.4 Å². The van der Waals surface area contributed by atoms with Gasteiger partial charge in [0.2, 0.25) is 0 Å². The number of ether oxygens (including phenoxy) is 6. The number of esters is 1. The Morgan fingerprint density at radius 1 is 1.04 bits per heavy atom. The van der Waals surface area contributed by atoms with Crippen molar-refractivity contribution in [3.63, 3.8) is 0 Å². The lowest BCUT2D eigenvalue weighted by molar-refractivity contribution is -0.790. The Labute approximate surface area is 259 Å². The Balaban J connectivity index is 1.11. The average molecular weight is 654 g/mol. The molecule has 0 aliphatic carbocycles. The second-order valence-electron chi connectivity index (χ2n) is 10.3. The lowest BCUT2D eigenvalue weighted by atomic mass is 10.0. The third kappa shape index (κ3) is 7.86. The van der Waals surface area contributed by atoms with Gasteiger partial charge in [-0.05, 0) is 37.5 Å². The zero-order chi connectivity index (χ0) is 32.1. The maximum Gasteiger partial charge on any atom is 0.514 e. The number of carbonyl (C=O) groups excluding carboxylic acids is 2. The van der Waals surface area contributed by atoms with Crippen molar-refractivity contribution in [3.05, 3.63) is 78.1 Å². The van der Waals surface area contributed by atoms with Crippen molar-refractivity contribution >= 4 is 23.7 Å². The first-order chi connectivity index (χ1) is 21.6. The van der Waals surface area contributed by atoms with Gasteiger partial charge >= 0.3 is 12.1 Å². The molecule has 17 nitrogen and oxygen atoms in total. The minimum absolute atomic E-state index is 0.0155. The van der Waals surface area contributed by atoms with Crippen LogP contribution in [-0.4, -0.2) is 77.6 Å². The Morgan fingerprint density at radius 3 is 2.40 bits per heavy atom. The second-order valence-corrected chi connectivity index (χ2v) is 10.8. The zero-order valence-electron chi connectivity index (χ0n) is 23.7. The van der Waals surface area contributed by atoms with E-state index in [0.717, 1.165) is 11.1 Å². The van der Waals surface area contributed by atoms with Crippen molar-refractivity contribution in [2.75, 3.05) is 19.8 Å². The summed E-state index contributed by atoms with van der Waals surface area (Å²) in [6, 6.07) is 7.21. The van der Waals surface area contributed by atoms with Gasteiger partial charge in [0.1, 0.15) is 31.0 Å². The third-order valence-electron chi connectivity index (χ3n) is 7.38. The molecule has 0 radical (unpaired) electrons. The first-order valence-electron chi connectivity index (χ1n) is 13.8. The molecule has 0 spiro atoms. The largest absolute Gasteiger partial charge is 0.514 e. The van der Waals surface area contributed by atoms with Gasteiger partial charge in [0.25, 0.3) is 10.2 Å². The van der Waals surface area contributed by atoms with E-state index < -0.39 is 65.5 Å². The van der Waals surface area contributed by atoms with Crippen LogP contribution < -0.4 is 4.74 Å². The van der Waals surface area contributed by atoms with Crippen molar-refractivity contribution in [1.82, 2.24) is 4.98 Å². The SMILES string of the molecule is Cc1ncc2c(c1OC(=O)O[C@H]1CO[C@@H]3[C@H]1OC[C@H]3OC(=O)CCCC(CO[N+](=O)[O-])O[N+](=O)[O-])CO[C@H]2c1ccc(Cl)cc1. The van der Waals surface area contributed by atoms with Crippen LogP contribution in [0, 0.1) is 27.2 Å². The highest BCUT2D eigenvalue weighted by Gasteiger charge is 2.51. The van der Waals surface area contributed by atoms with Crippen LogP contribution in [0.2, 0.25) is 5.02 Å². The molecule has 1 unspecified atom stereocenters. The fourth-order valence-electron chi connectivity index (χ4n) is 5.33. The van der Waals surface area contributed by atoms with Gasteiger partial charge in [-0.2, -0.15) is 0 Å². The number of rotatable bonds is 13. The number of carbonyl (C=O) groups is 2. The van der Waals surface area contributed by atoms with Crippen LogP contribution in [0.4, 0.5) is 4.79 Å². The summed E-state index contributed by atoms with van der Waals surface area (Å²) in [7, 11) is 0. The van der Waals surface area contributed by atoms with Gasteiger partial charge < -0.3 is 38.1 Å². The van der Waals surface area contributed by atoms with E-state index in [0.29, 0.717) is 16.3 Å². The average Bonchev–Trinajstić information content (AvgIpc) is 3.70. The third-order valence-corrected chi connectivity index (χ3v) is 7.64. The molecule has 4 heterocycles. The number of hydrogen-bond acceptors (Lipinski definition) is 15. The fourth-order valence-corrected chi connectivity index (χ4v) is 5.45. The number of aromatic nitrogens is 1. The maximum absolute atomic E-state index is 12.9. The topological polar surface area (TPSA) is 207 Å². The number of pyridine rings is 1. The first kappa shape index (κ1) is 32.1. The molecule has 0 bridgehead atoms. The second kappa shape index (κ2) is 14.2. The molecule has 1 aromatic carbocycles. The van der Waals surface area contributed by atoms with Gasteiger partial charge in [0.05, 0.1) is 25.5 Å². The molecule has 18 heteroatoms. The van der Waals surface area contributed by atoms with Crippen molar-refractivity contribution < 1.29 is 57.9 Å². The van der Waals surface area contributed by atoms with Crippen molar-refractivity contribution in [1.29, 1.82) is 0 Å². The molecular weight excluding hydrogens is 626 g/mol. The summed E-state index contributed by atoms with van der Waals surface area (Å²) in [5, 5.41) is 19.3. The van der Waals surface area contributed by atoms with Crippen LogP contribution in [0.15, 0.2) is 30.5 Å². The van der Waals surface area contributed by atoms with Crippen LogP contribution in [0.25, 0.3) is 0 Å². The molecule has 0 N–H and O–H groups in total. The molecule has 3 aliphatic heterocycles. The number of aryl methyl sites for hydroxylation is 1. The standard InChI is InChI=1S/C27H28ClN3O14/c1-14-23(19-11-38-24(18(19)9-29-14)15-5-7-16(28)8-6-15)44-27(33)43-21-13-40-25-20(12-39-26(21)25)42-22(32)4-2-3-17(45-31(36)37)10-41-30(34)35/h5-9,17,20-21,24-26H,2-4,10-13H2,1H3/t17?,20-,21+,24+,25+,26+/m1/s1. The Kier molecular flexibility index (Phi) is 10.1. The van der Waals surface area contributed by atoms with Crippen LogP contribution in [-0.2, 0) is 44.8 Å². The summed E-state index contributed by atoms with van der Waals surface area (Å²) in [6.45, 7) is 1.18. The molecule has 5 rings (SSSR count). The van der Waals surface area contributed by atoms with E-state index in [1.165, 1.54) is 0 Å². The van der Waals surface area contributed by atoms with Gasteiger partial charge in [0.15, 0.2) is 18.0 Å². The molecule has 2 saturated heterocycles. The molecule has 0 saturated carbocycles. The van der Waals surface area contributed by atoms with Crippen LogP contribution in [0.1, 0.15) is 47.8 Å². The Bertz CT molecular complexity index is 1430. The number of nitrogens with zero attached hydrogens (tertiary/aromatic N) is 3. The van der Waals surface area contributed by atoms with E-state index in [9.17, 15) is 29.8 Å². The summed E-state index contributed by atoms with van der Waals surface area (Å²) < 4.78 is 34.0. The van der Waals surface area contributed by atoms with E-state index in [2.05, 4.69) is 14.7 Å². The molecule has 2 fully saturated rings. The number of fused-ring (bicyclic) bond motifs is 2. The smallest absolute Gasteiger partial charge is 0.457 e. The van der Waals surface area contributed by atoms with Crippen molar-refractivity contribution in [3.8, 4) is 5.75 Å². The van der Waals surface area contributed by atoms with Gasteiger partial charge in [0, 0.05) is 28.8 Å². The normalized spacial score (nSPS) is 23.8. The Hall–Kier alpha value is -4.32. The minimum atomic E-state index is -1.23. The number of benzene rings is 1. The molecule has 3 aliphatic rings. The minimum Gasteiger partial charge on any atom is -0.457 e. The number of hydrogen-bond donors (Lipinski definition) is 0. The van der Waals surface area contributed by atoms with E-state index in [1.54, 1.807) is 25.3 Å². The molecular formula is C27H28ClN3O14. The molecule has 242 valence electrons. The Morgan fingerprint density at radius 2 is 1.73 bits per heavy atom. The molecule has 6 atom stereocenters. The molecule has 0 amide bonds. The number of halogens is 1. The quantitative estimate of drug-likeness (QED) is 0.173. The van der Waals surface area contributed by atoms with Gasteiger partial charge in [-0.15, -0.1) is 20.2 Å². The van der Waals surface area contributed by atoms with Gasteiger partial charge in [-0.25, -0.2) is 4.79 Å². The van der Waals surface area contributed by atoms with Gasteiger partial charge in [-0.3, -0.25) is 9.78 Å². The predicted molar refractivity (Wildman–Crippen MR) is 146 cm³/mol. The zero-order valence-corrected chi connectivity index (χ0v) is 24.5. The highest BCUT2D eigenvalue weighted by Crippen LogP contribution is 2.41. The molecule has 1 aromatic heterocycles. The highest BCUT2D eigenvalue weighted by molar-refractivity contribution is 6.30. The van der Waals surface area contributed by atoms with Crippen LogP contribution in [0.5, 0.6) is 5.75 Å². The summed E-state index contributed by atoms with van der Waals surface area (Å²) in [6.07, 6.45) is -4.16.